The van der Waals surface area contributed by atoms with Crippen molar-refractivity contribution in [3.05, 3.63) is 64.0 Å². The molecule has 3 N–H and O–H groups in total. The molecule has 0 spiro atoms. The lowest BCUT2D eigenvalue weighted by Gasteiger charge is -2.41. The normalized spacial score (nSPS) is 25.4. The third-order valence-electron chi connectivity index (χ3n) is 5.08. The van der Waals surface area contributed by atoms with Gasteiger partial charge in [-0.15, -0.1) is 5.10 Å². The van der Waals surface area contributed by atoms with E-state index in [9.17, 15) is 28.5 Å². The Kier molecular flexibility index (Phi) is 7.20. The second-order valence-corrected chi connectivity index (χ2v) is 9.21. The monoisotopic (exact) mass is 521 g/mol. The first-order chi connectivity index (χ1) is 15.7. The van der Waals surface area contributed by atoms with Crippen LogP contribution in [0.3, 0.4) is 0 Å². The van der Waals surface area contributed by atoms with Gasteiger partial charge in [-0.2, -0.15) is 0 Å². The summed E-state index contributed by atoms with van der Waals surface area (Å²) in [6.07, 6.45) is -2.65. The molecule has 7 nitrogen and oxygen atoms in total. The fraction of sp³-hybridized carbons (Fsp3) is 0.300. The minimum atomic E-state index is -1.62. The summed E-state index contributed by atoms with van der Waals surface area (Å²) < 4.78 is 47.2. The molecule has 176 valence electrons. The molecule has 0 saturated carbocycles. The van der Waals surface area contributed by atoms with Gasteiger partial charge in [0, 0.05) is 15.5 Å². The SMILES string of the molecule is OCC1O[C@H](Sc2cc(Cl)ccc2Cl)C(O)C(n2cc(-c3cc(F)c(F)c(F)c3)nn2)[C@H]1O. The maximum absolute atomic E-state index is 13.6. The van der Waals surface area contributed by atoms with Crippen LogP contribution in [0.25, 0.3) is 11.3 Å². The van der Waals surface area contributed by atoms with Crippen LogP contribution in [0.15, 0.2) is 41.4 Å². The lowest BCUT2D eigenvalue weighted by atomic mass is 9.97. The average molecular weight is 522 g/mol. The molecule has 13 heteroatoms. The van der Waals surface area contributed by atoms with Crippen molar-refractivity contribution in [2.75, 3.05) is 6.61 Å². The van der Waals surface area contributed by atoms with Gasteiger partial charge in [0.1, 0.15) is 35.5 Å². The van der Waals surface area contributed by atoms with E-state index < -0.39 is 53.8 Å². The molecule has 0 amide bonds. The van der Waals surface area contributed by atoms with E-state index in [0.29, 0.717) is 14.9 Å². The van der Waals surface area contributed by atoms with Crippen LogP contribution in [0.2, 0.25) is 10.0 Å². The lowest BCUT2D eigenvalue weighted by Crippen LogP contribution is -2.55. The molecule has 5 atom stereocenters. The molecular weight excluding hydrogens is 506 g/mol. The number of hydrogen-bond acceptors (Lipinski definition) is 7. The van der Waals surface area contributed by atoms with E-state index in [4.69, 9.17) is 27.9 Å². The molecule has 2 heterocycles. The third-order valence-corrected chi connectivity index (χ3v) is 6.97. The molecule has 33 heavy (non-hydrogen) atoms. The quantitative estimate of drug-likeness (QED) is 0.442. The first-order valence-corrected chi connectivity index (χ1v) is 11.1. The van der Waals surface area contributed by atoms with Crippen LogP contribution in [-0.4, -0.2) is 60.7 Å². The van der Waals surface area contributed by atoms with Crippen molar-refractivity contribution in [3.8, 4) is 11.3 Å². The van der Waals surface area contributed by atoms with Gasteiger partial charge in [0.15, 0.2) is 17.5 Å². The second kappa shape index (κ2) is 9.79. The van der Waals surface area contributed by atoms with E-state index in [-0.39, 0.29) is 11.3 Å². The van der Waals surface area contributed by atoms with Gasteiger partial charge in [-0.25, -0.2) is 17.9 Å². The molecule has 0 bridgehead atoms. The largest absolute Gasteiger partial charge is 0.394 e. The van der Waals surface area contributed by atoms with Crippen LogP contribution < -0.4 is 0 Å². The van der Waals surface area contributed by atoms with Crippen molar-refractivity contribution >= 4 is 35.0 Å². The summed E-state index contributed by atoms with van der Waals surface area (Å²) in [5, 5.41) is 39.8. The molecule has 1 saturated heterocycles. The second-order valence-electron chi connectivity index (χ2n) is 7.23. The first-order valence-electron chi connectivity index (χ1n) is 9.50. The lowest BCUT2D eigenvalue weighted by molar-refractivity contribution is -0.178. The van der Waals surface area contributed by atoms with Gasteiger partial charge in [0.25, 0.3) is 0 Å². The highest BCUT2D eigenvalue weighted by Gasteiger charge is 2.46. The highest BCUT2D eigenvalue weighted by Crippen LogP contribution is 2.41. The number of aliphatic hydroxyl groups excluding tert-OH is 3. The summed E-state index contributed by atoms with van der Waals surface area (Å²) in [6, 6.07) is 5.08. The Morgan fingerprint density at radius 2 is 1.76 bits per heavy atom. The maximum atomic E-state index is 13.6. The van der Waals surface area contributed by atoms with Gasteiger partial charge in [-0.1, -0.05) is 40.2 Å². The van der Waals surface area contributed by atoms with Crippen molar-refractivity contribution in [2.24, 2.45) is 0 Å². The van der Waals surface area contributed by atoms with E-state index in [1.165, 1.54) is 6.20 Å². The number of thioether (sulfide) groups is 1. The zero-order chi connectivity index (χ0) is 23.9. The van der Waals surface area contributed by atoms with Crippen molar-refractivity contribution in [2.45, 2.75) is 34.7 Å². The van der Waals surface area contributed by atoms with Crippen molar-refractivity contribution in [3.63, 3.8) is 0 Å². The van der Waals surface area contributed by atoms with Crippen molar-refractivity contribution < 1.29 is 33.2 Å². The molecule has 4 rings (SSSR count). The summed E-state index contributed by atoms with van der Waals surface area (Å²) in [6.45, 7) is -0.569. The van der Waals surface area contributed by atoms with E-state index in [0.717, 1.165) is 28.6 Å². The van der Waals surface area contributed by atoms with Crippen LogP contribution >= 0.6 is 35.0 Å². The van der Waals surface area contributed by atoms with Crippen molar-refractivity contribution in [1.29, 1.82) is 0 Å². The molecule has 3 unspecified atom stereocenters. The van der Waals surface area contributed by atoms with Gasteiger partial charge in [-0.05, 0) is 30.3 Å². The summed E-state index contributed by atoms with van der Waals surface area (Å²) in [5.74, 6) is -4.42. The molecular formula is C20H16Cl2F3N3O4S. The summed E-state index contributed by atoms with van der Waals surface area (Å²) >= 11 is 13.2. The average Bonchev–Trinajstić information content (AvgIpc) is 3.26. The van der Waals surface area contributed by atoms with Gasteiger partial charge in [0.05, 0.1) is 17.8 Å². The van der Waals surface area contributed by atoms with E-state index in [1.807, 2.05) is 0 Å². The minimum absolute atomic E-state index is 0.0265. The zero-order valence-corrected chi connectivity index (χ0v) is 18.8. The van der Waals surface area contributed by atoms with Crippen LogP contribution in [0.5, 0.6) is 0 Å². The maximum Gasteiger partial charge on any atom is 0.194 e. The first kappa shape index (κ1) is 24.3. The van der Waals surface area contributed by atoms with Gasteiger partial charge < -0.3 is 20.1 Å². The van der Waals surface area contributed by atoms with Crippen LogP contribution in [-0.2, 0) is 4.74 Å². The van der Waals surface area contributed by atoms with Crippen LogP contribution in [0, 0.1) is 17.5 Å². The highest BCUT2D eigenvalue weighted by atomic mass is 35.5. The zero-order valence-electron chi connectivity index (χ0n) is 16.4. The molecule has 1 aliphatic heterocycles. The Balaban J connectivity index is 1.65. The molecule has 1 fully saturated rings. The number of aliphatic hydroxyl groups is 3. The Hall–Kier alpha value is -1.86. The smallest absolute Gasteiger partial charge is 0.194 e. The minimum Gasteiger partial charge on any atom is -0.394 e. The van der Waals surface area contributed by atoms with Gasteiger partial charge in [-0.3, -0.25) is 0 Å². The van der Waals surface area contributed by atoms with E-state index in [2.05, 4.69) is 10.3 Å². The number of ether oxygens (including phenoxy) is 1. The number of halogens is 5. The summed E-state index contributed by atoms with van der Waals surface area (Å²) in [4.78, 5) is 0.497. The fourth-order valence-electron chi connectivity index (χ4n) is 3.43. The molecule has 1 aromatic heterocycles. The third kappa shape index (κ3) is 4.85. The molecule has 3 aromatic rings. The number of benzene rings is 2. The standard InChI is InChI=1S/C20H16Cl2F3N3O4S/c21-9-1-2-10(22)15(5-9)33-20-19(31)17(18(30)14(7-29)32-20)28-6-13(26-27-28)8-3-11(23)16(25)12(24)4-8/h1-6,14,17-20,29-31H,7H2/t14?,17?,18-,19?,20+/m0/s1. The Labute approximate surface area is 199 Å². The predicted molar refractivity (Wildman–Crippen MR) is 114 cm³/mol. The van der Waals surface area contributed by atoms with E-state index >= 15 is 0 Å². The van der Waals surface area contributed by atoms with Crippen molar-refractivity contribution in [1.82, 2.24) is 15.0 Å². The Morgan fingerprint density at radius 1 is 1.06 bits per heavy atom. The number of nitrogens with zero attached hydrogens (tertiary/aromatic N) is 3. The number of rotatable bonds is 5. The molecule has 1 aliphatic rings. The van der Waals surface area contributed by atoms with Gasteiger partial charge in [0.2, 0.25) is 0 Å². The topological polar surface area (TPSA) is 101 Å². The Morgan fingerprint density at radius 3 is 2.42 bits per heavy atom. The predicted octanol–water partition coefficient (Wildman–Crippen LogP) is 3.44. The molecule has 0 aliphatic carbocycles. The molecule has 2 aromatic carbocycles. The highest BCUT2D eigenvalue weighted by molar-refractivity contribution is 8.00. The van der Waals surface area contributed by atoms with Gasteiger partial charge >= 0.3 is 0 Å². The fourth-order valence-corrected chi connectivity index (χ4v) is 5.04. The molecule has 0 radical (unpaired) electrons. The van der Waals surface area contributed by atoms with Crippen LogP contribution in [0.4, 0.5) is 13.2 Å². The Bertz CT molecular complexity index is 1150. The number of aromatic nitrogens is 3. The number of hydrogen-bond donors (Lipinski definition) is 3. The van der Waals surface area contributed by atoms with E-state index in [1.54, 1.807) is 18.2 Å². The summed E-state index contributed by atoms with van der Waals surface area (Å²) in [5.41, 5.74) is -1.12. The van der Waals surface area contributed by atoms with Crippen LogP contribution in [0.1, 0.15) is 6.04 Å². The summed E-state index contributed by atoms with van der Waals surface area (Å²) in [7, 11) is 0.